The van der Waals surface area contributed by atoms with Crippen LogP contribution in [0.4, 0.5) is 5.82 Å². The fourth-order valence-corrected chi connectivity index (χ4v) is 4.97. The van der Waals surface area contributed by atoms with Crippen molar-refractivity contribution < 1.29 is 4.79 Å². The Morgan fingerprint density at radius 1 is 1.26 bits per heavy atom. The molecule has 0 spiro atoms. The zero-order valence-corrected chi connectivity index (χ0v) is 18.3. The van der Waals surface area contributed by atoms with Crippen LogP contribution in [0.25, 0.3) is 10.9 Å². The average molecular weight is 419 g/mol. The van der Waals surface area contributed by atoms with Gasteiger partial charge in [-0.2, -0.15) is 0 Å². The molecule has 31 heavy (non-hydrogen) atoms. The van der Waals surface area contributed by atoms with Gasteiger partial charge < -0.3 is 20.1 Å². The van der Waals surface area contributed by atoms with Gasteiger partial charge >= 0.3 is 0 Å². The Morgan fingerprint density at radius 3 is 2.97 bits per heavy atom. The summed E-state index contributed by atoms with van der Waals surface area (Å²) in [6, 6.07) is 8.13. The third kappa shape index (κ3) is 3.90. The van der Waals surface area contributed by atoms with E-state index in [2.05, 4.69) is 28.3 Å². The molecule has 5 rings (SSSR count). The number of anilines is 1. The standard InChI is InChI=1S/C24H30N6O/c1-25-24-19-15-30(22(31)12-17-13-26-20-8-4-3-7-18(17)20)11-9-21(19)27-23(28-24)16-6-5-10-29(2)14-16/h3-4,7-8,13,16,26H,5-6,9-12,14-15H2,1-2H3,(H,25,27,28). The number of para-hydroxylation sites is 1. The van der Waals surface area contributed by atoms with Gasteiger partial charge in [0.05, 0.1) is 18.7 Å². The van der Waals surface area contributed by atoms with Crippen LogP contribution in [0.1, 0.15) is 41.4 Å². The van der Waals surface area contributed by atoms with Crippen LogP contribution in [0, 0.1) is 0 Å². The van der Waals surface area contributed by atoms with Gasteiger partial charge in [0.2, 0.25) is 5.91 Å². The topological polar surface area (TPSA) is 77.2 Å². The molecule has 1 saturated heterocycles. The van der Waals surface area contributed by atoms with Gasteiger partial charge in [0.15, 0.2) is 0 Å². The molecular formula is C24H30N6O. The van der Waals surface area contributed by atoms with Crippen LogP contribution in [0.5, 0.6) is 0 Å². The van der Waals surface area contributed by atoms with Gasteiger partial charge in [0.1, 0.15) is 11.6 Å². The highest BCUT2D eigenvalue weighted by Gasteiger charge is 2.28. The Bertz CT molecular complexity index is 1090. The van der Waals surface area contributed by atoms with Gasteiger partial charge in [-0.15, -0.1) is 0 Å². The molecule has 0 radical (unpaired) electrons. The van der Waals surface area contributed by atoms with Gasteiger partial charge in [-0.25, -0.2) is 9.97 Å². The summed E-state index contributed by atoms with van der Waals surface area (Å²) in [5, 5.41) is 4.39. The normalized spacial score (nSPS) is 19.4. The largest absolute Gasteiger partial charge is 0.373 e. The second-order valence-corrected chi connectivity index (χ2v) is 8.81. The van der Waals surface area contributed by atoms with Crippen LogP contribution in [-0.4, -0.2) is 64.4 Å². The van der Waals surface area contributed by atoms with Crippen molar-refractivity contribution in [2.24, 2.45) is 0 Å². The van der Waals surface area contributed by atoms with Crippen molar-refractivity contribution in [1.29, 1.82) is 0 Å². The first-order valence-corrected chi connectivity index (χ1v) is 11.2. The summed E-state index contributed by atoms with van der Waals surface area (Å²) in [5.74, 6) is 2.36. The third-order valence-corrected chi connectivity index (χ3v) is 6.67. The van der Waals surface area contributed by atoms with E-state index in [1.807, 2.05) is 36.3 Å². The summed E-state index contributed by atoms with van der Waals surface area (Å²) in [7, 11) is 4.08. The molecule has 1 aromatic carbocycles. The Morgan fingerprint density at radius 2 is 2.13 bits per heavy atom. The smallest absolute Gasteiger partial charge is 0.227 e. The van der Waals surface area contributed by atoms with Crippen LogP contribution in [0.3, 0.4) is 0 Å². The van der Waals surface area contributed by atoms with Crippen LogP contribution >= 0.6 is 0 Å². The lowest BCUT2D eigenvalue weighted by atomic mass is 9.96. The van der Waals surface area contributed by atoms with Crippen LogP contribution in [-0.2, 0) is 24.2 Å². The number of benzene rings is 1. The van der Waals surface area contributed by atoms with E-state index < -0.39 is 0 Å². The second kappa shape index (κ2) is 8.30. The number of H-pyrrole nitrogens is 1. The Balaban J connectivity index is 1.35. The number of fused-ring (bicyclic) bond motifs is 2. The summed E-state index contributed by atoms with van der Waals surface area (Å²) >= 11 is 0. The lowest BCUT2D eigenvalue weighted by molar-refractivity contribution is -0.131. The molecule has 0 aliphatic carbocycles. The first kappa shape index (κ1) is 20.0. The molecule has 0 saturated carbocycles. The van der Waals surface area contributed by atoms with E-state index in [1.54, 1.807) is 0 Å². The molecule has 1 atom stereocenters. The lowest BCUT2D eigenvalue weighted by Gasteiger charge is -2.32. The number of likely N-dealkylation sites (N-methyl/N-ethyl adjacent to an activating group) is 1. The van der Waals surface area contributed by atoms with Gasteiger partial charge in [0.25, 0.3) is 0 Å². The minimum Gasteiger partial charge on any atom is -0.373 e. The molecular weight excluding hydrogens is 388 g/mol. The molecule has 4 heterocycles. The van der Waals surface area contributed by atoms with E-state index in [0.29, 0.717) is 25.4 Å². The Labute approximate surface area is 182 Å². The van der Waals surface area contributed by atoms with E-state index in [9.17, 15) is 4.79 Å². The maximum absolute atomic E-state index is 13.1. The van der Waals surface area contributed by atoms with Crippen molar-refractivity contribution >= 4 is 22.6 Å². The molecule has 0 bridgehead atoms. The maximum Gasteiger partial charge on any atom is 0.227 e. The fraction of sp³-hybridized carbons (Fsp3) is 0.458. The van der Waals surface area contributed by atoms with E-state index >= 15 is 0 Å². The summed E-state index contributed by atoms with van der Waals surface area (Å²) in [6.07, 6.45) is 5.47. The van der Waals surface area contributed by atoms with Crippen LogP contribution in [0.2, 0.25) is 0 Å². The highest BCUT2D eigenvalue weighted by atomic mass is 16.2. The number of aromatic nitrogens is 3. The zero-order valence-electron chi connectivity index (χ0n) is 18.3. The van der Waals surface area contributed by atoms with E-state index in [1.165, 1.54) is 6.42 Å². The number of nitrogens with zero attached hydrogens (tertiary/aromatic N) is 4. The van der Waals surface area contributed by atoms with Crippen molar-refractivity contribution in [3.63, 3.8) is 0 Å². The van der Waals surface area contributed by atoms with Crippen LogP contribution < -0.4 is 5.32 Å². The number of hydrogen-bond acceptors (Lipinski definition) is 5. The second-order valence-electron chi connectivity index (χ2n) is 8.81. The van der Waals surface area contributed by atoms with E-state index in [-0.39, 0.29) is 5.91 Å². The Hall–Kier alpha value is -2.93. The van der Waals surface area contributed by atoms with Gasteiger partial charge in [0, 0.05) is 55.1 Å². The first-order chi connectivity index (χ1) is 15.1. The SMILES string of the molecule is CNc1nc(C2CCCN(C)C2)nc2c1CN(C(=O)Cc1c[nH]c3ccccc13)CC2. The van der Waals surface area contributed by atoms with Crippen molar-refractivity contribution in [3.05, 3.63) is 53.1 Å². The number of hydrogen-bond donors (Lipinski definition) is 2. The van der Waals surface area contributed by atoms with Gasteiger partial charge in [-0.1, -0.05) is 18.2 Å². The van der Waals surface area contributed by atoms with Crippen molar-refractivity contribution in [1.82, 2.24) is 24.8 Å². The molecule has 162 valence electrons. The number of amides is 1. The molecule has 1 amide bonds. The van der Waals surface area contributed by atoms with Crippen molar-refractivity contribution in [2.75, 3.05) is 39.0 Å². The predicted molar refractivity (Wildman–Crippen MR) is 122 cm³/mol. The van der Waals surface area contributed by atoms with Crippen molar-refractivity contribution in [2.45, 2.75) is 38.1 Å². The lowest BCUT2D eigenvalue weighted by Crippen LogP contribution is -2.38. The molecule has 2 N–H and O–H groups in total. The number of carbonyl (C=O) groups is 1. The molecule has 7 heteroatoms. The van der Waals surface area contributed by atoms with Gasteiger partial charge in [-0.05, 0) is 38.1 Å². The molecule has 1 fully saturated rings. The van der Waals surface area contributed by atoms with Crippen molar-refractivity contribution in [3.8, 4) is 0 Å². The number of rotatable bonds is 4. The highest BCUT2D eigenvalue weighted by Crippen LogP contribution is 2.30. The number of likely N-dealkylation sites (tertiary alicyclic amines) is 1. The monoisotopic (exact) mass is 418 g/mol. The predicted octanol–water partition coefficient (Wildman–Crippen LogP) is 2.94. The minimum absolute atomic E-state index is 0.149. The summed E-state index contributed by atoms with van der Waals surface area (Å²) in [4.78, 5) is 30.5. The number of piperidine rings is 1. The summed E-state index contributed by atoms with van der Waals surface area (Å²) in [6.45, 7) is 3.43. The van der Waals surface area contributed by atoms with Gasteiger partial charge in [-0.3, -0.25) is 4.79 Å². The average Bonchev–Trinajstić information content (AvgIpc) is 3.20. The number of aromatic amines is 1. The molecule has 2 aliphatic heterocycles. The molecule has 7 nitrogen and oxygen atoms in total. The molecule has 2 aliphatic rings. The molecule has 2 aromatic heterocycles. The molecule has 1 unspecified atom stereocenters. The van der Waals surface area contributed by atoms with Crippen LogP contribution in [0.15, 0.2) is 30.5 Å². The minimum atomic E-state index is 0.149. The molecule has 3 aromatic rings. The number of nitrogens with one attached hydrogen (secondary N) is 2. The summed E-state index contributed by atoms with van der Waals surface area (Å²) < 4.78 is 0. The third-order valence-electron chi connectivity index (χ3n) is 6.67. The Kier molecular flexibility index (Phi) is 5.36. The zero-order chi connectivity index (χ0) is 21.4. The van der Waals surface area contributed by atoms with E-state index in [0.717, 1.165) is 65.3 Å². The fourth-order valence-electron chi connectivity index (χ4n) is 4.97. The highest BCUT2D eigenvalue weighted by molar-refractivity contribution is 5.89. The summed E-state index contributed by atoms with van der Waals surface area (Å²) in [5.41, 5.74) is 4.28. The quantitative estimate of drug-likeness (QED) is 0.681. The first-order valence-electron chi connectivity index (χ1n) is 11.2. The number of carbonyl (C=O) groups excluding carboxylic acids is 1. The van der Waals surface area contributed by atoms with E-state index in [4.69, 9.17) is 9.97 Å². The maximum atomic E-state index is 13.1.